The van der Waals surface area contributed by atoms with Crippen molar-refractivity contribution in [3.8, 4) is 0 Å². The van der Waals surface area contributed by atoms with Gasteiger partial charge < -0.3 is 20.9 Å². The summed E-state index contributed by atoms with van der Waals surface area (Å²) >= 11 is 0. The van der Waals surface area contributed by atoms with E-state index in [1.54, 1.807) is 0 Å². The predicted molar refractivity (Wildman–Crippen MR) is 170 cm³/mol. The minimum Gasteiger partial charge on any atom is -0.480 e. The summed E-state index contributed by atoms with van der Waals surface area (Å²) in [7, 11) is 0. The van der Waals surface area contributed by atoms with Crippen molar-refractivity contribution >= 4 is 17.8 Å². The molecule has 0 aliphatic rings. The van der Waals surface area contributed by atoms with E-state index in [2.05, 4.69) is 19.2 Å². The van der Waals surface area contributed by atoms with Gasteiger partial charge in [0.2, 0.25) is 5.91 Å². The standard InChI is InChI=1S/C34H66N2O5/c1-3-5-7-9-11-12-13-18-22-28-33(38)41-30(24-19-15-10-8-6-4-2)25-20-16-14-17-21-27-32(37)36-31(34(39)40)26-23-29-35/h30-31H,3-29,35H2,1-2H3,(H,36,37)(H,39,40). The lowest BCUT2D eigenvalue weighted by Crippen LogP contribution is -2.40. The van der Waals surface area contributed by atoms with Crippen molar-refractivity contribution in [2.24, 2.45) is 5.73 Å². The summed E-state index contributed by atoms with van der Waals surface area (Å²) in [5.74, 6) is -1.23. The molecule has 41 heavy (non-hydrogen) atoms. The minimum absolute atomic E-state index is 0.0268. The zero-order valence-corrected chi connectivity index (χ0v) is 26.9. The fourth-order valence-electron chi connectivity index (χ4n) is 5.27. The van der Waals surface area contributed by atoms with Gasteiger partial charge in [0, 0.05) is 12.8 Å². The topological polar surface area (TPSA) is 119 Å². The molecule has 0 aliphatic heterocycles. The Labute approximate surface area is 252 Å². The first-order chi connectivity index (χ1) is 19.9. The van der Waals surface area contributed by atoms with Gasteiger partial charge in [0.25, 0.3) is 0 Å². The fraction of sp³-hybridized carbons (Fsp3) is 0.912. The number of nitrogens with one attached hydrogen (secondary N) is 1. The van der Waals surface area contributed by atoms with Crippen molar-refractivity contribution in [2.45, 2.75) is 193 Å². The molecule has 0 aliphatic carbocycles. The molecule has 0 aromatic heterocycles. The maximum Gasteiger partial charge on any atom is 0.326 e. The van der Waals surface area contributed by atoms with Crippen LogP contribution in [0, 0.1) is 0 Å². The van der Waals surface area contributed by atoms with Crippen molar-refractivity contribution in [3.63, 3.8) is 0 Å². The van der Waals surface area contributed by atoms with Crippen molar-refractivity contribution < 1.29 is 24.2 Å². The molecule has 0 saturated carbocycles. The van der Waals surface area contributed by atoms with Gasteiger partial charge in [0.15, 0.2) is 0 Å². The van der Waals surface area contributed by atoms with E-state index in [0.717, 1.165) is 64.2 Å². The smallest absolute Gasteiger partial charge is 0.326 e. The third-order valence-electron chi connectivity index (χ3n) is 7.92. The van der Waals surface area contributed by atoms with Gasteiger partial charge in [-0.2, -0.15) is 0 Å². The molecular formula is C34H66N2O5. The Bertz CT molecular complexity index is 628. The average Bonchev–Trinajstić information content (AvgIpc) is 2.95. The molecule has 242 valence electrons. The van der Waals surface area contributed by atoms with E-state index in [9.17, 15) is 19.5 Å². The highest BCUT2D eigenvalue weighted by Gasteiger charge is 2.19. The quantitative estimate of drug-likeness (QED) is 0.0556. The normalized spacial score (nSPS) is 12.7. The number of nitrogens with two attached hydrogens (primary N) is 1. The lowest BCUT2D eigenvalue weighted by Gasteiger charge is -2.18. The van der Waals surface area contributed by atoms with E-state index < -0.39 is 12.0 Å². The van der Waals surface area contributed by atoms with Gasteiger partial charge in [0.1, 0.15) is 12.1 Å². The third kappa shape index (κ3) is 27.0. The zero-order valence-electron chi connectivity index (χ0n) is 26.9. The number of carbonyl (C=O) groups excluding carboxylic acids is 2. The Balaban J connectivity index is 4.19. The second-order valence-corrected chi connectivity index (χ2v) is 11.9. The van der Waals surface area contributed by atoms with E-state index >= 15 is 0 Å². The molecule has 0 aromatic rings. The van der Waals surface area contributed by atoms with Crippen LogP contribution in [0.1, 0.15) is 181 Å². The zero-order chi connectivity index (χ0) is 30.4. The third-order valence-corrected chi connectivity index (χ3v) is 7.92. The number of esters is 1. The number of rotatable bonds is 31. The number of amides is 1. The van der Waals surface area contributed by atoms with Crippen LogP contribution in [0.2, 0.25) is 0 Å². The molecule has 7 nitrogen and oxygen atoms in total. The summed E-state index contributed by atoms with van der Waals surface area (Å²) < 4.78 is 5.95. The Kier molecular flexibility index (Phi) is 28.7. The first-order valence-corrected chi connectivity index (χ1v) is 17.4. The van der Waals surface area contributed by atoms with Crippen LogP contribution in [0.25, 0.3) is 0 Å². The Morgan fingerprint density at radius 1 is 0.610 bits per heavy atom. The van der Waals surface area contributed by atoms with Gasteiger partial charge >= 0.3 is 11.9 Å². The fourth-order valence-corrected chi connectivity index (χ4v) is 5.27. The highest BCUT2D eigenvalue weighted by Crippen LogP contribution is 2.18. The first kappa shape index (κ1) is 39.4. The Morgan fingerprint density at radius 3 is 1.51 bits per heavy atom. The first-order valence-electron chi connectivity index (χ1n) is 17.4. The summed E-state index contributed by atoms with van der Waals surface area (Å²) in [6, 6.07) is -0.849. The lowest BCUT2D eigenvalue weighted by molar-refractivity contribution is -0.150. The molecule has 0 rings (SSSR count). The van der Waals surface area contributed by atoms with Gasteiger partial charge in [-0.1, -0.05) is 117 Å². The number of hydrogen-bond acceptors (Lipinski definition) is 5. The van der Waals surface area contributed by atoms with E-state index in [1.807, 2.05) is 0 Å². The van der Waals surface area contributed by atoms with Crippen molar-refractivity contribution in [3.05, 3.63) is 0 Å². The van der Waals surface area contributed by atoms with E-state index in [4.69, 9.17) is 10.5 Å². The number of carboxylic acids is 1. The molecule has 0 saturated heterocycles. The number of carboxylic acid groups (broad SMARTS) is 1. The summed E-state index contributed by atoms with van der Waals surface area (Å²) in [6.07, 6.45) is 27.2. The Morgan fingerprint density at radius 2 is 1.05 bits per heavy atom. The second kappa shape index (κ2) is 29.8. The van der Waals surface area contributed by atoms with Crippen molar-refractivity contribution in [2.75, 3.05) is 6.54 Å². The van der Waals surface area contributed by atoms with Crippen LogP contribution in [0.4, 0.5) is 0 Å². The molecule has 0 spiro atoms. The van der Waals surface area contributed by atoms with E-state index in [-0.39, 0.29) is 18.0 Å². The highest BCUT2D eigenvalue weighted by atomic mass is 16.5. The second-order valence-electron chi connectivity index (χ2n) is 11.9. The molecule has 4 N–H and O–H groups in total. The molecule has 1 amide bonds. The number of aliphatic carboxylic acids is 1. The van der Waals surface area contributed by atoms with Gasteiger partial charge in [0.05, 0.1) is 0 Å². The van der Waals surface area contributed by atoms with Crippen molar-refractivity contribution in [1.82, 2.24) is 5.32 Å². The van der Waals surface area contributed by atoms with E-state index in [1.165, 1.54) is 77.0 Å². The van der Waals surface area contributed by atoms with Crippen LogP contribution in [0.5, 0.6) is 0 Å². The maximum atomic E-state index is 12.5. The molecule has 2 unspecified atom stereocenters. The molecule has 2 atom stereocenters. The van der Waals surface area contributed by atoms with Gasteiger partial charge in [-0.15, -0.1) is 0 Å². The molecule has 0 fully saturated rings. The summed E-state index contributed by atoms with van der Waals surface area (Å²) in [5.41, 5.74) is 5.45. The monoisotopic (exact) mass is 582 g/mol. The minimum atomic E-state index is -1.00. The predicted octanol–water partition coefficient (Wildman–Crippen LogP) is 8.61. The summed E-state index contributed by atoms with van der Waals surface area (Å²) in [4.78, 5) is 35.9. The van der Waals surface area contributed by atoms with E-state index in [0.29, 0.717) is 32.2 Å². The number of unbranched alkanes of at least 4 members (excludes halogenated alkanes) is 17. The van der Waals surface area contributed by atoms with Crippen LogP contribution in [-0.4, -0.2) is 41.6 Å². The average molecular weight is 583 g/mol. The summed E-state index contributed by atoms with van der Waals surface area (Å²) in [6.45, 7) is 4.90. The van der Waals surface area contributed by atoms with Gasteiger partial charge in [-0.25, -0.2) is 4.79 Å². The van der Waals surface area contributed by atoms with Gasteiger partial charge in [-0.3, -0.25) is 9.59 Å². The maximum absolute atomic E-state index is 12.5. The molecule has 0 aromatic carbocycles. The SMILES string of the molecule is CCCCCCCCCCCC(=O)OC(CCCCCCCC)CCCCCCCC(=O)NC(CCCN)C(=O)O. The number of ether oxygens (including phenoxy) is 1. The largest absolute Gasteiger partial charge is 0.480 e. The molecule has 0 radical (unpaired) electrons. The van der Waals surface area contributed by atoms with Gasteiger partial charge in [-0.05, 0) is 57.9 Å². The van der Waals surface area contributed by atoms with Crippen LogP contribution < -0.4 is 11.1 Å². The molecule has 0 heterocycles. The molecule has 7 heteroatoms. The molecular weight excluding hydrogens is 516 g/mol. The van der Waals surface area contributed by atoms with Crippen LogP contribution in [0.3, 0.4) is 0 Å². The molecule has 0 bridgehead atoms. The Hall–Kier alpha value is -1.63. The van der Waals surface area contributed by atoms with Crippen molar-refractivity contribution in [1.29, 1.82) is 0 Å². The highest BCUT2D eigenvalue weighted by molar-refractivity contribution is 5.83. The van der Waals surface area contributed by atoms with Crippen LogP contribution in [0.15, 0.2) is 0 Å². The van der Waals surface area contributed by atoms with Crippen LogP contribution in [-0.2, 0) is 19.1 Å². The number of carbonyl (C=O) groups is 3. The summed E-state index contributed by atoms with van der Waals surface area (Å²) in [5, 5.41) is 11.8. The number of hydrogen-bond donors (Lipinski definition) is 3. The lowest BCUT2D eigenvalue weighted by atomic mass is 10.0. The van der Waals surface area contributed by atoms with Crippen LogP contribution >= 0.6 is 0 Å².